The van der Waals surface area contributed by atoms with E-state index in [9.17, 15) is 4.79 Å². The van der Waals surface area contributed by atoms with Crippen LogP contribution < -0.4 is 5.32 Å². The topological polar surface area (TPSA) is 29.1 Å². The van der Waals surface area contributed by atoms with Gasteiger partial charge >= 0.3 is 0 Å². The number of ketones is 1. The van der Waals surface area contributed by atoms with Gasteiger partial charge in [0.2, 0.25) is 0 Å². The lowest BCUT2D eigenvalue weighted by Crippen LogP contribution is -2.28. The first-order valence-corrected chi connectivity index (χ1v) is 5.47. The van der Waals surface area contributed by atoms with E-state index in [1.54, 1.807) is 0 Å². The fraction of sp³-hybridized carbons (Fsp3) is 0.909. The normalized spacial score (nSPS) is 18.6. The maximum Gasteiger partial charge on any atom is 0.149 e. The van der Waals surface area contributed by atoms with Gasteiger partial charge in [0.1, 0.15) is 5.78 Å². The van der Waals surface area contributed by atoms with Gasteiger partial charge in [0, 0.05) is 5.92 Å². The molecule has 13 heavy (non-hydrogen) atoms. The molecule has 2 heteroatoms. The lowest BCUT2D eigenvalue weighted by molar-refractivity contribution is -0.121. The highest BCUT2D eigenvalue weighted by Gasteiger charge is 2.21. The lowest BCUT2D eigenvalue weighted by atomic mass is 10.0. The monoisotopic (exact) mass is 183 g/mol. The molecule has 0 aromatic rings. The largest absolute Gasteiger partial charge is 0.310 e. The second-order valence-electron chi connectivity index (χ2n) is 4.23. The third-order valence-corrected chi connectivity index (χ3v) is 2.70. The van der Waals surface area contributed by atoms with E-state index in [0.29, 0.717) is 12.3 Å². The van der Waals surface area contributed by atoms with Crippen LogP contribution in [0.15, 0.2) is 0 Å². The van der Waals surface area contributed by atoms with E-state index >= 15 is 0 Å². The molecule has 1 atom stereocenters. The third-order valence-electron chi connectivity index (χ3n) is 2.70. The Hall–Kier alpha value is -0.370. The van der Waals surface area contributed by atoms with Gasteiger partial charge < -0.3 is 5.32 Å². The first kappa shape index (κ1) is 10.7. The van der Waals surface area contributed by atoms with Crippen LogP contribution in [-0.4, -0.2) is 18.9 Å². The average Bonchev–Trinajstić information content (AvgIpc) is 2.88. The molecule has 1 rings (SSSR count). The Bertz CT molecular complexity index is 163. The summed E-state index contributed by atoms with van der Waals surface area (Å²) in [6, 6.07) is 0. The Morgan fingerprint density at radius 2 is 2.23 bits per heavy atom. The molecule has 1 fully saturated rings. The summed E-state index contributed by atoms with van der Waals surface area (Å²) in [6.45, 7) is 5.79. The van der Waals surface area contributed by atoms with Crippen LogP contribution in [0.25, 0.3) is 0 Å². The lowest BCUT2D eigenvalue weighted by Gasteiger charge is -2.09. The smallest absolute Gasteiger partial charge is 0.149 e. The van der Waals surface area contributed by atoms with Crippen molar-refractivity contribution in [2.24, 2.45) is 11.8 Å². The zero-order valence-corrected chi connectivity index (χ0v) is 8.81. The van der Waals surface area contributed by atoms with Crippen molar-refractivity contribution in [1.29, 1.82) is 0 Å². The molecule has 0 spiro atoms. The fourth-order valence-electron chi connectivity index (χ4n) is 1.49. The van der Waals surface area contributed by atoms with Crippen LogP contribution in [0.2, 0.25) is 0 Å². The Balaban J connectivity index is 2.01. The van der Waals surface area contributed by atoms with E-state index in [-0.39, 0.29) is 5.92 Å². The van der Waals surface area contributed by atoms with Crippen LogP contribution in [0.3, 0.4) is 0 Å². The summed E-state index contributed by atoms with van der Waals surface area (Å²) in [5.74, 6) is 1.49. The highest BCUT2D eigenvalue weighted by molar-refractivity contribution is 5.82. The zero-order valence-electron chi connectivity index (χ0n) is 8.81. The standard InChI is InChI=1S/C11H21NO/c1-3-4-9(2)11(13)8-12-7-10-5-6-10/h9-10,12H,3-8H2,1-2H3. The van der Waals surface area contributed by atoms with Gasteiger partial charge in [0.25, 0.3) is 0 Å². The number of Topliss-reactive ketones (excluding diaryl/α,β-unsaturated/α-hetero) is 1. The van der Waals surface area contributed by atoms with Gasteiger partial charge in [-0.15, -0.1) is 0 Å². The van der Waals surface area contributed by atoms with Crippen molar-refractivity contribution >= 4 is 5.78 Å². The Morgan fingerprint density at radius 1 is 1.54 bits per heavy atom. The maximum absolute atomic E-state index is 11.5. The van der Waals surface area contributed by atoms with Gasteiger partial charge in [-0.2, -0.15) is 0 Å². The first-order valence-electron chi connectivity index (χ1n) is 5.47. The molecule has 0 amide bonds. The molecule has 0 saturated heterocycles. The highest BCUT2D eigenvalue weighted by Crippen LogP contribution is 2.27. The number of carbonyl (C=O) groups excluding carboxylic acids is 1. The molecule has 1 aliphatic rings. The van der Waals surface area contributed by atoms with Crippen LogP contribution in [-0.2, 0) is 4.79 Å². The molecular weight excluding hydrogens is 162 g/mol. The summed E-state index contributed by atoms with van der Waals surface area (Å²) in [6.07, 6.45) is 4.84. The summed E-state index contributed by atoms with van der Waals surface area (Å²) in [5.41, 5.74) is 0. The van der Waals surface area contributed by atoms with Gasteiger partial charge in [-0.25, -0.2) is 0 Å². The van der Waals surface area contributed by atoms with Crippen molar-refractivity contribution in [3.8, 4) is 0 Å². The molecule has 0 bridgehead atoms. The SMILES string of the molecule is CCCC(C)C(=O)CNCC1CC1. The van der Waals surface area contributed by atoms with E-state index in [1.165, 1.54) is 12.8 Å². The van der Waals surface area contributed by atoms with Gasteiger partial charge in [-0.05, 0) is 31.7 Å². The molecule has 1 N–H and O–H groups in total. The minimum absolute atomic E-state index is 0.247. The first-order chi connectivity index (χ1) is 6.24. The molecule has 0 heterocycles. The summed E-state index contributed by atoms with van der Waals surface area (Å²) in [7, 11) is 0. The van der Waals surface area contributed by atoms with Crippen LogP contribution in [0.1, 0.15) is 39.5 Å². The summed E-state index contributed by atoms with van der Waals surface area (Å²) >= 11 is 0. The van der Waals surface area contributed by atoms with Crippen molar-refractivity contribution in [1.82, 2.24) is 5.32 Å². The Kier molecular flexibility index (Phi) is 4.43. The van der Waals surface area contributed by atoms with E-state index < -0.39 is 0 Å². The van der Waals surface area contributed by atoms with Crippen molar-refractivity contribution in [3.63, 3.8) is 0 Å². The quantitative estimate of drug-likeness (QED) is 0.654. The van der Waals surface area contributed by atoms with Crippen molar-refractivity contribution in [3.05, 3.63) is 0 Å². The minimum Gasteiger partial charge on any atom is -0.310 e. The van der Waals surface area contributed by atoms with Crippen LogP contribution in [0.5, 0.6) is 0 Å². The molecule has 0 radical (unpaired) electrons. The predicted molar refractivity (Wildman–Crippen MR) is 54.7 cm³/mol. The number of hydrogen-bond acceptors (Lipinski definition) is 2. The molecule has 1 unspecified atom stereocenters. The zero-order chi connectivity index (χ0) is 9.68. The molecule has 1 aliphatic carbocycles. The van der Waals surface area contributed by atoms with E-state index in [1.807, 2.05) is 6.92 Å². The van der Waals surface area contributed by atoms with E-state index in [0.717, 1.165) is 25.3 Å². The summed E-state index contributed by atoms with van der Waals surface area (Å²) in [4.78, 5) is 11.5. The van der Waals surface area contributed by atoms with Crippen LogP contribution >= 0.6 is 0 Å². The van der Waals surface area contributed by atoms with Gasteiger partial charge in [-0.3, -0.25) is 4.79 Å². The minimum atomic E-state index is 0.247. The molecule has 0 aliphatic heterocycles. The van der Waals surface area contributed by atoms with Crippen LogP contribution in [0, 0.1) is 11.8 Å². The van der Waals surface area contributed by atoms with Crippen LogP contribution in [0.4, 0.5) is 0 Å². The fourth-order valence-corrected chi connectivity index (χ4v) is 1.49. The summed E-state index contributed by atoms with van der Waals surface area (Å²) in [5, 5.41) is 3.24. The highest BCUT2D eigenvalue weighted by atomic mass is 16.1. The van der Waals surface area contributed by atoms with Crippen molar-refractivity contribution < 1.29 is 4.79 Å². The summed E-state index contributed by atoms with van der Waals surface area (Å²) < 4.78 is 0. The number of nitrogens with one attached hydrogen (secondary N) is 1. The molecule has 0 aromatic carbocycles. The van der Waals surface area contributed by atoms with Gasteiger partial charge in [-0.1, -0.05) is 20.3 Å². The van der Waals surface area contributed by atoms with Crippen molar-refractivity contribution in [2.75, 3.05) is 13.1 Å². The molecule has 76 valence electrons. The van der Waals surface area contributed by atoms with E-state index in [4.69, 9.17) is 0 Å². The molecule has 2 nitrogen and oxygen atoms in total. The van der Waals surface area contributed by atoms with Gasteiger partial charge in [0.15, 0.2) is 0 Å². The average molecular weight is 183 g/mol. The Labute approximate surface area is 81.1 Å². The second-order valence-corrected chi connectivity index (χ2v) is 4.23. The number of carbonyl (C=O) groups is 1. The predicted octanol–water partition coefficient (Wildman–Crippen LogP) is 1.99. The maximum atomic E-state index is 11.5. The molecule has 1 saturated carbocycles. The molecule has 0 aromatic heterocycles. The number of hydrogen-bond donors (Lipinski definition) is 1. The third kappa shape index (κ3) is 4.41. The van der Waals surface area contributed by atoms with Gasteiger partial charge in [0.05, 0.1) is 6.54 Å². The molecular formula is C11H21NO. The number of rotatable bonds is 7. The van der Waals surface area contributed by atoms with E-state index in [2.05, 4.69) is 12.2 Å². The Morgan fingerprint density at radius 3 is 2.77 bits per heavy atom. The van der Waals surface area contributed by atoms with Crippen molar-refractivity contribution in [2.45, 2.75) is 39.5 Å². The second kappa shape index (κ2) is 5.38.